The summed E-state index contributed by atoms with van der Waals surface area (Å²) in [7, 11) is 0. The van der Waals surface area contributed by atoms with Crippen molar-refractivity contribution in [1.29, 1.82) is 5.26 Å². The maximum Gasteiger partial charge on any atom is 0.0995 e. The molecule has 8 aromatic rings. The molecule has 58 heavy (non-hydrogen) atoms. The van der Waals surface area contributed by atoms with Crippen LogP contribution in [0, 0.1) is 25.2 Å². The molecule has 0 spiro atoms. The van der Waals surface area contributed by atoms with Crippen LogP contribution in [-0.2, 0) is 12.8 Å². The van der Waals surface area contributed by atoms with E-state index >= 15 is 0 Å². The van der Waals surface area contributed by atoms with Crippen LogP contribution in [-0.4, -0.2) is 4.57 Å². The molecule has 0 amide bonds. The predicted octanol–water partition coefficient (Wildman–Crippen LogP) is 14.7. The summed E-state index contributed by atoms with van der Waals surface area (Å²) in [6, 6.07) is 55.7. The van der Waals surface area contributed by atoms with Crippen molar-refractivity contribution in [1.82, 2.24) is 4.57 Å². The predicted molar refractivity (Wildman–Crippen MR) is 245 cm³/mol. The minimum Gasteiger partial charge on any atom is -0.309 e. The lowest BCUT2D eigenvalue weighted by atomic mass is 9.75. The van der Waals surface area contributed by atoms with Crippen LogP contribution in [0.4, 0.5) is 0 Å². The maximum absolute atomic E-state index is 11.0. The van der Waals surface area contributed by atoms with Crippen LogP contribution in [0.15, 0.2) is 176 Å². The first kappa shape index (κ1) is 36.7. The summed E-state index contributed by atoms with van der Waals surface area (Å²) in [4.78, 5) is 0. The van der Waals surface area contributed by atoms with Crippen molar-refractivity contribution in [2.45, 2.75) is 46.5 Å². The molecule has 0 bridgehead atoms. The molecule has 1 aromatic heterocycles. The Morgan fingerprint density at radius 1 is 0.655 bits per heavy atom. The van der Waals surface area contributed by atoms with Crippen LogP contribution in [0.5, 0.6) is 0 Å². The molecule has 0 aliphatic heterocycles. The molecular weight excluding hydrogens is 701 g/mol. The van der Waals surface area contributed by atoms with E-state index in [0.29, 0.717) is 5.56 Å². The number of aryl methyl sites for hydroxylation is 2. The van der Waals surface area contributed by atoms with Gasteiger partial charge in [-0.3, -0.25) is 0 Å². The SMILES string of the molecule is C\C=C/C(=C\C=C\C)c1cc(CC2Cc3cc(-c4ccccc4C)ccc3-c3ccccc32)c(C#N)cc1-n1c2ccccc2c2ccc(-c3ccccc3C)cc21. The number of aromatic nitrogens is 1. The van der Waals surface area contributed by atoms with Gasteiger partial charge in [0, 0.05) is 16.3 Å². The van der Waals surface area contributed by atoms with Gasteiger partial charge >= 0.3 is 0 Å². The first-order chi connectivity index (χ1) is 28.5. The highest BCUT2D eigenvalue weighted by atomic mass is 15.0. The van der Waals surface area contributed by atoms with E-state index in [4.69, 9.17) is 0 Å². The smallest absolute Gasteiger partial charge is 0.0995 e. The highest BCUT2D eigenvalue weighted by Crippen LogP contribution is 2.44. The average Bonchev–Trinajstić information content (AvgIpc) is 3.58. The van der Waals surface area contributed by atoms with Gasteiger partial charge < -0.3 is 4.57 Å². The highest BCUT2D eigenvalue weighted by molar-refractivity contribution is 6.10. The van der Waals surface area contributed by atoms with Gasteiger partial charge in [-0.05, 0) is 137 Å². The van der Waals surface area contributed by atoms with Crippen molar-refractivity contribution < 1.29 is 0 Å². The molecule has 7 aromatic carbocycles. The lowest BCUT2D eigenvalue weighted by Crippen LogP contribution is -2.15. The third kappa shape index (κ3) is 6.49. The quantitative estimate of drug-likeness (QED) is 0.142. The first-order valence-electron chi connectivity index (χ1n) is 20.4. The Balaban J connectivity index is 1.24. The molecule has 0 fully saturated rings. The molecule has 0 saturated carbocycles. The van der Waals surface area contributed by atoms with Crippen LogP contribution in [0.25, 0.3) is 66.4 Å². The molecule has 1 atom stereocenters. The second-order valence-corrected chi connectivity index (χ2v) is 15.6. The number of hydrogen-bond donors (Lipinski definition) is 0. The second kappa shape index (κ2) is 15.5. The standard InChI is InChI=1S/C56H46N2/c1-5-7-19-39(16-6-2)53-33-42(31-44-32-43-30-40(46-20-10-8-17-37(46)3)26-28-49(43)50-23-13-12-22-48(44)50)45(36-57)35-56(53)58-54-25-15-14-24-51(54)52-29-27-41(34-55(52)58)47-21-11-9-18-38(47)4/h5-30,33-35,44H,31-32H2,1-4H3/b7-5+,16-6-,39-19+. The summed E-state index contributed by atoms with van der Waals surface area (Å²) in [5, 5.41) is 13.4. The van der Waals surface area contributed by atoms with Crippen LogP contribution in [0.1, 0.15) is 58.7 Å². The van der Waals surface area contributed by atoms with Gasteiger partial charge in [-0.25, -0.2) is 0 Å². The Bertz CT molecular complexity index is 3010. The van der Waals surface area contributed by atoms with E-state index in [2.05, 4.69) is 214 Å². The number of benzene rings is 7. The number of rotatable bonds is 8. The lowest BCUT2D eigenvalue weighted by molar-refractivity contribution is 0.672. The summed E-state index contributed by atoms with van der Waals surface area (Å²) in [5.41, 5.74) is 19.9. The zero-order valence-corrected chi connectivity index (χ0v) is 33.6. The van der Waals surface area contributed by atoms with E-state index in [0.717, 1.165) is 46.3 Å². The number of nitriles is 1. The van der Waals surface area contributed by atoms with E-state index in [1.54, 1.807) is 0 Å². The van der Waals surface area contributed by atoms with Crippen molar-refractivity contribution in [3.8, 4) is 45.1 Å². The minimum absolute atomic E-state index is 0.205. The van der Waals surface area contributed by atoms with Gasteiger partial charge in [-0.2, -0.15) is 5.26 Å². The Morgan fingerprint density at radius 3 is 2.03 bits per heavy atom. The van der Waals surface area contributed by atoms with Crippen LogP contribution >= 0.6 is 0 Å². The van der Waals surface area contributed by atoms with Crippen molar-refractivity contribution in [2.24, 2.45) is 0 Å². The van der Waals surface area contributed by atoms with Gasteiger partial charge in [0.25, 0.3) is 0 Å². The van der Waals surface area contributed by atoms with Gasteiger partial charge in [-0.15, -0.1) is 0 Å². The molecule has 0 N–H and O–H groups in total. The van der Waals surface area contributed by atoms with E-state index in [9.17, 15) is 5.26 Å². The van der Waals surface area contributed by atoms with E-state index in [1.807, 2.05) is 0 Å². The van der Waals surface area contributed by atoms with E-state index < -0.39 is 0 Å². The average molecular weight is 747 g/mol. The molecule has 1 aliphatic rings. The number of hydrogen-bond acceptors (Lipinski definition) is 1. The van der Waals surface area contributed by atoms with Gasteiger partial charge in [-0.1, -0.05) is 152 Å². The van der Waals surface area contributed by atoms with E-state index in [-0.39, 0.29) is 5.92 Å². The molecule has 2 heteroatoms. The number of nitrogens with zero attached hydrogens (tertiary/aromatic N) is 2. The number of para-hydroxylation sites is 1. The molecular formula is C56H46N2. The van der Waals surface area contributed by atoms with Gasteiger partial charge in [0.2, 0.25) is 0 Å². The maximum atomic E-state index is 11.0. The molecule has 0 radical (unpaired) electrons. The fourth-order valence-electron chi connectivity index (χ4n) is 9.24. The van der Waals surface area contributed by atoms with Gasteiger partial charge in [0.15, 0.2) is 0 Å². The Morgan fingerprint density at radius 2 is 1.31 bits per heavy atom. The third-order valence-electron chi connectivity index (χ3n) is 12.0. The molecule has 2 nitrogen and oxygen atoms in total. The van der Waals surface area contributed by atoms with Crippen molar-refractivity contribution in [3.63, 3.8) is 0 Å². The summed E-state index contributed by atoms with van der Waals surface area (Å²) in [6.45, 7) is 8.49. The summed E-state index contributed by atoms with van der Waals surface area (Å²) in [5.74, 6) is 0.205. The van der Waals surface area contributed by atoms with Gasteiger partial charge in [0.05, 0.1) is 28.4 Å². The van der Waals surface area contributed by atoms with Gasteiger partial charge in [0.1, 0.15) is 0 Å². The van der Waals surface area contributed by atoms with Crippen LogP contribution < -0.4 is 0 Å². The monoisotopic (exact) mass is 746 g/mol. The summed E-state index contributed by atoms with van der Waals surface area (Å²) >= 11 is 0. The first-order valence-corrected chi connectivity index (χ1v) is 20.4. The van der Waals surface area contributed by atoms with Crippen molar-refractivity contribution in [3.05, 3.63) is 215 Å². The molecule has 0 saturated heterocycles. The molecule has 9 rings (SSSR count). The zero-order chi connectivity index (χ0) is 39.8. The highest BCUT2D eigenvalue weighted by Gasteiger charge is 2.27. The number of allylic oxidation sites excluding steroid dienone is 6. The summed E-state index contributed by atoms with van der Waals surface area (Å²) in [6.07, 6.45) is 12.3. The Kier molecular flexibility index (Phi) is 9.82. The fraction of sp³-hybridized carbons (Fsp3) is 0.125. The van der Waals surface area contributed by atoms with Crippen LogP contribution in [0.3, 0.4) is 0 Å². The van der Waals surface area contributed by atoms with E-state index in [1.165, 1.54) is 66.4 Å². The minimum atomic E-state index is 0.205. The lowest BCUT2D eigenvalue weighted by Gasteiger charge is -2.29. The fourth-order valence-corrected chi connectivity index (χ4v) is 9.24. The Hall–Kier alpha value is -6.95. The molecule has 1 aliphatic carbocycles. The zero-order valence-electron chi connectivity index (χ0n) is 33.6. The van der Waals surface area contributed by atoms with Crippen molar-refractivity contribution >= 4 is 27.4 Å². The van der Waals surface area contributed by atoms with Crippen LogP contribution in [0.2, 0.25) is 0 Å². The second-order valence-electron chi connectivity index (χ2n) is 15.6. The number of fused-ring (bicyclic) bond motifs is 6. The molecule has 1 heterocycles. The normalized spacial score (nSPS) is 14.0. The third-order valence-corrected chi connectivity index (χ3v) is 12.0. The topological polar surface area (TPSA) is 28.7 Å². The molecule has 1 unspecified atom stereocenters. The van der Waals surface area contributed by atoms with Crippen molar-refractivity contribution in [2.75, 3.05) is 0 Å². The summed E-state index contributed by atoms with van der Waals surface area (Å²) < 4.78 is 2.39. The molecule has 280 valence electrons. The Labute approximate surface area is 342 Å². The largest absolute Gasteiger partial charge is 0.309 e.